The number of carbonyl (C=O) groups excluding carboxylic acids is 1. The van der Waals surface area contributed by atoms with Gasteiger partial charge in [-0.1, -0.05) is 24.3 Å². The first-order valence-electron chi connectivity index (χ1n) is 7.06. The lowest BCUT2D eigenvalue weighted by atomic mass is 10.1. The molecule has 0 saturated heterocycles. The smallest absolute Gasteiger partial charge is 0.225 e. The van der Waals surface area contributed by atoms with Gasteiger partial charge in [-0.25, -0.2) is 8.78 Å². The molecule has 0 aliphatic rings. The molecule has 2 aromatic carbocycles. The first kappa shape index (κ1) is 16.1. The largest absolute Gasteiger partial charge is 0.326 e. The molecule has 2 rings (SSSR count). The van der Waals surface area contributed by atoms with Crippen LogP contribution in [0.3, 0.4) is 0 Å². The van der Waals surface area contributed by atoms with Crippen molar-refractivity contribution in [3.8, 4) is 0 Å². The molecule has 0 atom stereocenters. The third kappa shape index (κ3) is 4.63. The summed E-state index contributed by atoms with van der Waals surface area (Å²) in [6.07, 6.45) is 0.255. The van der Waals surface area contributed by atoms with E-state index in [1.807, 2.05) is 31.2 Å². The molecule has 2 N–H and O–H groups in total. The molecule has 0 fully saturated rings. The van der Waals surface area contributed by atoms with Crippen LogP contribution in [-0.2, 0) is 11.3 Å². The monoisotopic (exact) mass is 304 g/mol. The van der Waals surface area contributed by atoms with E-state index in [0.717, 1.165) is 12.1 Å². The molecule has 0 aliphatic carbocycles. The van der Waals surface area contributed by atoms with E-state index in [1.165, 1.54) is 17.2 Å². The fourth-order valence-electron chi connectivity index (χ4n) is 2.03. The Morgan fingerprint density at radius 2 is 1.86 bits per heavy atom. The molecule has 22 heavy (non-hydrogen) atoms. The summed E-state index contributed by atoms with van der Waals surface area (Å²) < 4.78 is 25.8. The van der Waals surface area contributed by atoms with Gasteiger partial charge >= 0.3 is 0 Å². The van der Waals surface area contributed by atoms with Gasteiger partial charge in [-0.3, -0.25) is 4.79 Å². The molecule has 0 radical (unpaired) electrons. The second kappa shape index (κ2) is 7.66. The minimum atomic E-state index is -0.976. The Balaban J connectivity index is 1.74. The summed E-state index contributed by atoms with van der Waals surface area (Å²) >= 11 is 0. The van der Waals surface area contributed by atoms with E-state index in [-0.39, 0.29) is 18.0 Å². The normalized spacial score (nSPS) is 10.5. The molecule has 2 aromatic rings. The number of hydrogen-bond donors (Lipinski definition) is 2. The molecule has 0 heterocycles. The van der Waals surface area contributed by atoms with Crippen molar-refractivity contribution < 1.29 is 13.6 Å². The van der Waals surface area contributed by atoms with Gasteiger partial charge in [-0.15, -0.1) is 0 Å². The molecule has 116 valence electrons. The topological polar surface area (TPSA) is 41.1 Å². The average molecular weight is 304 g/mol. The van der Waals surface area contributed by atoms with E-state index in [0.29, 0.717) is 13.1 Å². The zero-order valence-electron chi connectivity index (χ0n) is 12.3. The summed E-state index contributed by atoms with van der Waals surface area (Å²) in [4.78, 5) is 11.7. The Labute approximate surface area is 128 Å². The molecule has 0 aromatic heterocycles. The Kier molecular flexibility index (Phi) is 5.61. The maximum absolute atomic E-state index is 13.0. The highest BCUT2D eigenvalue weighted by molar-refractivity contribution is 5.90. The van der Waals surface area contributed by atoms with E-state index in [2.05, 4.69) is 10.6 Å². The summed E-state index contributed by atoms with van der Waals surface area (Å²) in [6.45, 7) is 3.22. The highest BCUT2D eigenvalue weighted by atomic mass is 19.2. The van der Waals surface area contributed by atoms with Crippen LogP contribution in [0.4, 0.5) is 14.5 Å². The van der Waals surface area contributed by atoms with Crippen LogP contribution in [0.25, 0.3) is 0 Å². The van der Waals surface area contributed by atoms with Gasteiger partial charge < -0.3 is 10.6 Å². The Morgan fingerprint density at radius 3 is 2.59 bits per heavy atom. The van der Waals surface area contributed by atoms with Gasteiger partial charge in [0.15, 0.2) is 11.6 Å². The minimum Gasteiger partial charge on any atom is -0.326 e. The van der Waals surface area contributed by atoms with Gasteiger partial charge in [-0.05, 0) is 30.2 Å². The standard InChI is InChI=1S/C17H18F2N2O/c1-12-4-2-3-5-13(12)11-20-9-8-17(22)21-14-6-7-15(18)16(19)10-14/h2-7,10,20H,8-9,11H2,1H3,(H,21,22). The van der Waals surface area contributed by atoms with Crippen molar-refractivity contribution in [1.82, 2.24) is 5.32 Å². The van der Waals surface area contributed by atoms with Crippen molar-refractivity contribution in [3.05, 3.63) is 65.2 Å². The van der Waals surface area contributed by atoms with Crippen LogP contribution in [0.2, 0.25) is 0 Å². The predicted octanol–water partition coefficient (Wildman–Crippen LogP) is 3.39. The van der Waals surface area contributed by atoms with Crippen LogP contribution in [0.1, 0.15) is 17.5 Å². The Hall–Kier alpha value is -2.27. The van der Waals surface area contributed by atoms with E-state index < -0.39 is 11.6 Å². The molecule has 0 unspecified atom stereocenters. The number of nitrogens with one attached hydrogen (secondary N) is 2. The molecular formula is C17H18F2N2O. The van der Waals surface area contributed by atoms with Crippen molar-refractivity contribution in [2.75, 3.05) is 11.9 Å². The number of carbonyl (C=O) groups is 1. The molecule has 0 saturated carbocycles. The van der Waals surface area contributed by atoms with Gasteiger partial charge in [0.05, 0.1) is 0 Å². The van der Waals surface area contributed by atoms with Crippen LogP contribution in [-0.4, -0.2) is 12.5 Å². The summed E-state index contributed by atoms with van der Waals surface area (Å²) in [7, 11) is 0. The van der Waals surface area contributed by atoms with E-state index in [1.54, 1.807) is 0 Å². The van der Waals surface area contributed by atoms with E-state index >= 15 is 0 Å². The van der Waals surface area contributed by atoms with E-state index in [4.69, 9.17) is 0 Å². The first-order valence-corrected chi connectivity index (χ1v) is 7.06. The van der Waals surface area contributed by atoms with Crippen molar-refractivity contribution >= 4 is 11.6 Å². The van der Waals surface area contributed by atoms with Crippen molar-refractivity contribution in [2.45, 2.75) is 19.9 Å². The van der Waals surface area contributed by atoms with Gasteiger partial charge in [0.2, 0.25) is 5.91 Å². The molecule has 5 heteroatoms. The predicted molar refractivity (Wildman–Crippen MR) is 82.5 cm³/mol. The van der Waals surface area contributed by atoms with Crippen molar-refractivity contribution in [3.63, 3.8) is 0 Å². The number of amides is 1. The van der Waals surface area contributed by atoms with Crippen molar-refractivity contribution in [2.24, 2.45) is 0 Å². The number of halogens is 2. The number of aryl methyl sites for hydroxylation is 1. The fourth-order valence-corrected chi connectivity index (χ4v) is 2.03. The zero-order valence-corrected chi connectivity index (χ0v) is 12.3. The summed E-state index contributed by atoms with van der Waals surface area (Å²) in [6, 6.07) is 11.3. The highest BCUT2D eigenvalue weighted by Gasteiger charge is 2.06. The van der Waals surface area contributed by atoms with Gasteiger partial charge in [0.1, 0.15) is 0 Å². The summed E-state index contributed by atoms with van der Waals surface area (Å²) in [5.41, 5.74) is 2.63. The van der Waals surface area contributed by atoms with Gasteiger partial charge in [0.25, 0.3) is 0 Å². The first-order chi connectivity index (χ1) is 10.6. The lowest BCUT2D eigenvalue weighted by molar-refractivity contribution is -0.116. The quantitative estimate of drug-likeness (QED) is 0.803. The number of anilines is 1. The molecular weight excluding hydrogens is 286 g/mol. The lowest BCUT2D eigenvalue weighted by Crippen LogP contribution is -2.21. The highest BCUT2D eigenvalue weighted by Crippen LogP contribution is 2.13. The van der Waals surface area contributed by atoms with Gasteiger partial charge in [0, 0.05) is 31.3 Å². The number of benzene rings is 2. The molecule has 0 spiro atoms. The molecule has 1 amide bonds. The molecule has 0 bridgehead atoms. The molecule has 3 nitrogen and oxygen atoms in total. The molecule has 0 aliphatic heterocycles. The van der Waals surface area contributed by atoms with Crippen LogP contribution >= 0.6 is 0 Å². The zero-order chi connectivity index (χ0) is 15.9. The van der Waals surface area contributed by atoms with Crippen LogP contribution in [0, 0.1) is 18.6 Å². The van der Waals surface area contributed by atoms with Gasteiger partial charge in [-0.2, -0.15) is 0 Å². The van der Waals surface area contributed by atoms with E-state index in [9.17, 15) is 13.6 Å². The summed E-state index contributed by atoms with van der Waals surface area (Å²) in [5.74, 6) is -2.16. The minimum absolute atomic E-state index is 0.247. The fraction of sp³-hybridized carbons (Fsp3) is 0.235. The maximum Gasteiger partial charge on any atom is 0.225 e. The number of rotatable bonds is 6. The SMILES string of the molecule is Cc1ccccc1CNCCC(=O)Nc1ccc(F)c(F)c1. The van der Waals surface area contributed by atoms with Crippen LogP contribution in [0.5, 0.6) is 0 Å². The lowest BCUT2D eigenvalue weighted by Gasteiger charge is -2.08. The second-order valence-corrected chi connectivity index (χ2v) is 5.03. The number of hydrogen-bond acceptors (Lipinski definition) is 2. The van der Waals surface area contributed by atoms with Crippen molar-refractivity contribution in [1.29, 1.82) is 0 Å². The average Bonchev–Trinajstić information content (AvgIpc) is 2.49. The second-order valence-electron chi connectivity index (χ2n) is 5.03. The van der Waals surface area contributed by atoms with Crippen LogP contribution in [0.15, 0.2) is 42.5 Å². The third-order valence-corrected chi connectivity index (χ3v) is 3.31. The summed E-state index contributed by atoms with van der Waals surface area (Å²) in [5, 5.41) is 5.72. The third-order valence-electron chi connectivity index (χ3n) is 3.31. The van der Waals surface area contributed by atoms with Crippen LogP contribution < -0.4 is 10.6 Å². The Morgan fingerprint density at radius 1 is 1.09 bits per heavy atom. The maximum atomic E-state index is 13.0. The Bertz CT molecular complexity index is 659.